The Balaban J connectivity index is 0.00000280. The van der Waals surface area contributed by atoms with Crippen molar-refractivity contribution in [3.63, 3.8) is 0 Å². The van der Waals surface area contributed by atoms with Crippen molar-refractivity contribution in [2.45, 2.75) is 19.5 Å². The quantitative estimate of drug-likeness (QED) is 0.563. The van der Waals surface area contributed by atoms with E-state index in [0.29, 0.717) is 42.5 Å². The van der Waals surface area contributed by atoms with E-state index in [1.807, 2.05) is 25.1 Å². The highest BCUT2D eigenvalue weighted by Gasteiger charge is 2.24. The lowest BCUT2D eigenvalue weighted by Gasteiger charge is -2.32. The van der Waals surface area contributed by atoms with Crippen LogP contribution in [0.25, 0.3) is 0 Å². The Labute approximate surface area is 174 Å². The summed E-state index contributed by atoms with van der Waals surface area (Å²) >= 11 is 6.13. The highest BCUT2D eigenvalue weighted by molar-refractivity contribution is 6.31. The largest absolute Gasteiger partial charge is 0.375 e. The summed E-state index contributed by atoms with van der Waals surface area (Å²) in [5.74, 6) is -0.191. The van der Waals surface area contributed by atoms with Gasteiger partial charge in [0, 0.05) is 48.9 Å². The number of amides is 1. The molecule has 1 unspecified atom stereocenters. The third kappa shape index (κ3) is 5.13. The van der Waals surface area contributed by atoms with E-state index in [9.17, 15) is 14.9 Å². The molecule has 1 aliphatic heterocycles. The molecule has 150 valence electrons. The van der Waals surface area contributed by atoms with Gasteiger partial charge >= 0.3 is 0 Å². The summed E-state index contributed by atoms with van der Waals surface area (Å²) in [4.78, 5) is 25.4. The molecule has 1 saturated heterocycles. The number of rotatable bonds is 5. The van der Waals surface area contributed by atoms with Crippen LogP contribution in [-0.4, -0.2) is 41.4 Å². The molecule has 2 N–H and O–H groups in total. The fourth-order valence-electron chi connectivity index (χ4n) is 3.10. The van der Waals surface area contributed by atoms with Gasteiger partial charge in [-0.15, -0.1) is 12.4 Å². The molecule has 0 radical (unpaired) electrons. The lowest BCUT2D eigenvalue weighted by molar-refractivity contribution is -0.384. The summed E-state index contributed by atoms with van der Waals surface area (Å²) < 4.78 is 0. The number of nitro benzene ring substituents is 1. The second-order valence-corrected chi connectivity index (χ2v) is 6.95. The molecule has 1 fully saturated rings. The molecule has 2 aromatic carbocycles. The zero-order valence-electron chi connectivity index (χ0n) is 15.4. The van der Waals surface area contributed by atoms with Crippen LogP contribution in [0.15, 0.2) is 42.5 Å². The van der Waals surface area contributed by atoms with Crippen LogP contribution in [0.2, 0.25) is 5.02 Å². The minimum atomic E-state index is -0.480. The Morgan fingerprint density at radius 3 is 2.79 bits per heavy atom. The minimum Gasteiger partial charge on any atom is -0.375 e. The maximum atomic E-state index is 12.7. The van der Waals surface area contributed by atoms with Gasteiger partial charge in [-0.1, -0.05) is 29.8 Å². The lowest BCUT2D eigenvalue weighted by Crippen LogP contribution is -2.51. The first-order chi connectivity index (χ1) is 13.0. The van der Waals surface area contributed by atoms with Crippen molar-refractivity contribution in [1.29, 1.82) is 0 Å². The molecule has 0 spiro atoms. The van der Waals surface area contributed by atoms with Crippen LogP contribution in [0.5, 0.6) is 0 Å². The highest BCUT2D eigenvalue weighted by Crippen LogP contribution is 2.27. The number of carbonyl (C=O) groups is 1. The maximum absolute atomic E-state index is 12.7. The average molecular weight is 425 g/mol. The van der Waals surface area contributed by atoms with Gasteiger partial charge in [0.25, 0.3) is 11.6 Å². The Hall–Kier alpha value is -2.35. The van der Waals surface area contributed by atoms with E-state index in [2.05, 4.69) is 10.6 Å². The van der Waals surface area contributed by atoms with Crippen molar-refractivity contribution in [1.82, 2.24) is 10.2 Å². The van der Waals surface area contributed by atoms with Gasteiger partial charge in [0.15, 0.2) is 0 Å². The van der Waals surface area contributed by atoms with Crippen molar-refractivity contribution in [3.8, 4) is 0 Å². The third-order valence-electron chi connectivity index (χ3n) is 4.52. The van der Waals surface area contributed by atoms with Gasteiger partial charge in [-0.25, -0.2) is 0 Å². The number of hydrogen-bond acceptors (Lipinski definition) is 5. The topological polar surface area (TPSA) is 87.5 Å². The molecule has 0 aliphatic carbocycles. The van der Waals surface area contributed by atoms with Crippen LogP contribution in [0.4, 0.5) is 11.4 Å². The predicted octanol–water partition coefficient (Wildman–Crippen LogP) is 3.72. The molecule has 3 rings (SSSR count). The van der Waals surface area contributed by atoms with Gasteiger partial charge in [0.1, 0.15) is 5.69 Å². The lowest BCUT2D eigenvalue weighted by atomic mass is 10.1. The van der Waals surface area contributed by atoms with Gasteiger partial charge < -0.3 is 15.5 Å². The van der Waals surface area contributed by atoms with E-state index < -0.39 is 4.92 Å². The molecule has 0 aromatic heterocycles. The molecule has 1 aliphatic rings. The molecule has 0 bridgehead atoms. The fourth-order valence-corrected chi connectivity index (χ4v) is 3.30. The number of piperazine rings is 1. The number of nitro groups is 1. The van der Waals surface area contributed by atoms with E-state index in [4.69, 9.17) is 11.6 Å². The minimum absolute atomic E-state index is 0. The molecular weight excluding hydrogens is 403 g/mol. The van der Waals surface area contributed by atoms with Crippen molar-refractivity contribution in [3.05, 3.63) is 68.7 Å². The second-order valence-electron chi connectivity index (χ2n) is 6.54. The zero-order chi connectivity index (χ0) is 19.4. The molecule has 28 heavy (non-hydrogen) atoms. The van der Waals surface area contributed by atoms with Crippen LogP contribution >= 0.6 is 24.0 Å². The van der Waals surface area contributed by atoms with Crippen molar-refractivity contribution >= 4 is 41.3 Å². The number of hydrogen-bond donors (Lipinski definition) is 2. The van der Waals surface area contributed by atoms with Gasteiger partial charge in [-0.3, -0.25) is 14.9 Å². The van der Waals surface area contributed by atoms with Crippen molar-refractivity contribution in [2.75, 3.05) is 25.0 Å². The first kappa shape index (κ1) is 21.9. The molecule has 7 nitrogen and oxygen atoms in total. The molecule has 1 heterocycles. The van der Waals surface area contributed by atoms with Gasteiger partial charge in [-0.05, 0) is 30.7 Å². The SMILES string of the molecule is CC1CN(C(=O)c2ccc(NCc3ccccc3Cl)c([N+](=O)[O-])c2)CCN1.Cl. The summed E-state index contributed by atoms with van der Waals surface area (Å²) in [6, 6.07) is 12.0. The average Bonchev–Trinajstić information content (AvgIpc) is 2.66. The summed E-state index contributed by atoms with van der Waals surface area (Å²) in [7, 11) is 0. The Kier molecular flexibility index (Phi) is 7.62. The smallest absolute Gasteiger partial charge is 0.293 e. The number of carbonyl (C=O) groups excluding carboxylic acids is 1. The number of nitrogens with zero attached hydrogens (tertiary/aromatic N) is 2. The molecule has 1 amide bonds. The number of nitrogens with one attached hydrogen (secondary N) is 2. The first-order valence-electron chi connectivity index (χ1n) is 8.74. The Morgan fingerprint density at radius 1 is 1.36 bits per heavy atom. The Bertz CT molecular complexity index is 863. The fraction of sp³-hybridized carbons (Fsp3) is 0.316. The van der Waals surface area contributed by atoms with Crippen LogP contribution in [0.3, 0.4) is 0 Å². The highest BCUT2D eigenvalue weighted by atomic mass is 35.5. The van der Waals surface area contributed by atoms with Crippen molar-refractivity contribution < 1.29 is 9.72 Å². The summed E-state index contributed by atoms with van der Waals surface area (Å²) in [5.41, 5.74) is 1.38. The van der Waals surface area contributed by atoms with Crippen LogP contribution in [0.1, 0.15) is 22.8 Å². The molecule has 2 aromatic rings. The van der Waals surface area contributed by atoms with Crippen LogP contribution < -0.4 is 10.6 Å². The number of benzene rings is 2. The maximum Gasteiger partial charge on any atom is 0.293 e. The third-order valence-corrected chi connectivity index (χ3v) is 4.89. The van der Waals surface area contributed by atoms with Crippen LogP contribution in [0, 0.1) is 10.1 Å². The molecule has 1 atom stereocenters. The van der Waals surface area contributed by atoms with E-state index in [1.165, 1.54) is 6.07 Å². The molecule has 9 heteroatoms. The van der Waals surface area contributed by atoms with Gasteiger partial charge in [0.2, 0.25) is 0 Å². The second kappa shape index (κ2) is 9.73. The van der Waals surface area contributed by atoms with E-state index in [-0.39, 0.29) is 30.0 Å². The van der Waals surface area contributed by atoms with Crippen molar-refractivity contribution in [2.24, 2.45) is 0 Å². The first-order valence-corrected chi connectivity index (χ1v) is 9.12. The summed E-state index contributed by atoms with van der Waals surface area (Å²) in [6.07, 6.45) is 0. The number of halogens is 2. The normalized spacial score (nSPS) is 16.2. The van der Waals surface area contributed by atoms with E-state index in [1.54, 1.807) is 23.1 Å². The Morgan fingerprint density at radius 2 is 2.11 bits per heavy atom. The van der Waals surface area contributed by atoms with Crippen LogP contribution in [-0.2, 0) is 6.54 Å². The van der Waals surface area contributed by atoms with E-state index in [0.717, 1.165) is 5.56 Å². The summed E-state index contributed by atoms with van der Waals surface area (Å²) in [6.45, 7) is 4.24. The zero-order valence-corrected chi connectivity index (χ0v) is 16.9. The molecular formula is C19H22Cl2N4O3. The van der Waals surface area contributed by atoms with E-state index >= 15 is 0 Å². The monoisotopic (exact) mass is 424 g/mol. The number of anilines is 1. The van der Waals surface area contributed by atoms with Gasteiger partial charge in [-0.2, -0.15) is 0 Å². The van der Waals surface area contributed by atoms with Gasteiger partial charge in [0.05, 0.1) is 4.92 Å². The molecule has 0 saturated carbocycles. The predicted molar refractivity (Wildman–Crippen MR) is 112 cm³/mol. The summed E-state index contributed by atoms with van der Waals surface area (Å²) in [5, 5.41) is 18.4. The standard InChI is InChI=1S/C19H21ClN4O3.ClH/c1-13-12-23(9-8-21-13)19(25)14-6-7-17(18(10-14)24(26)27)22-11-15-4-2-3-5-16(15)20;/h2-7,10,13,21-22H,8-9,11-12H2,1H3;1H.